The number of ether oxygens (including phenoxy) is 2. The van der Waals surface area contributed by atoms with Crippen LogP contribution in [-0.4, -0.2) is 67.6 Å². The molecule has 2 amide bonds. The molecule has 2 saturated heterocycles. The van der Waals surface area contributed by atoms with E-state index in [1.165, 1.54) is 0 Å². The van der Waals surface area contributed by atoms with Crippen molar-refractivity contribution in [2.45, 2.75) is 44.2 Å². The van der Waals surface area contributed by atoms with E-state index >= 15 is 0 Å². The Balaban J connectivity index is 1.27. The lowest BCUT2D eigenvalue weighted by molar-refractivity contribution is 0.0168. The number of amides is 2. The number of hydrogen-bond acceptors (Lipinski definition) is 6. The van der Waals surface area contributed by atoms with Gasteiger partial charge in [0.1, 0.15) is 0 Å². The van der Waals surface area contributed by atoms with Gasteiger partial charge in [-0.05, 0) is 38.2 Å². The Kier molecular flexibility index (Phi) is 7.45. The second-order valence-corrected chi connectivity index (χ2v) is 6.80. The first-order valence-corrected chi connectivity index (χ1v) is 9.57. The molecule has 0 radical (unpaired) electrons. The summed E-state index contributed by atoms with van der Waals surface area (Å²) in [6.45, 7) is 4.42. The van der Waals surface area contributed by atoms with E-state index < -0.39 is 0 Å². The minimum absolute atomic E-state index is 0.114. The lowest BCUT2D eigenvalue weighted by Crippen LogP contribution is -2.51. The molecule has 0 bridgehead atoms. The van der Waals surface area contributed by atoms with E-state index in [4.69, 9.17) is 9.47 Å². The largest absolute Gasteiger partial charge is 0.379 e. The van der Waals surface area contributed by atoms with Crippen LogP contribution in [-0.2, 0) is 9.47 Å². The van der Waals surface area contributed by atoms with Crippen molar-refractivity contribution in [1.82, 2.24) is 20.6 Å². The summed E-state index contributed by atoms with van der Waals surface area (Å²) in [5, 5.41) is 5.95. The summed E-state index contributed by atoms with van der Waals surface area (Å²) < 4.78 is 11.1. The highest BCUT2D eigenvalue weighted by atomic mass is 16.5. The molecule has 26 heavy (non-hydrogen) atoms. The highest BCUT2D eigenvalue weighted by Gasteiger charge is 2.22. The van der Waals surface area contributed by atoms with Crippen LogP contribution in [0.4, 0.5) is 10.7 Å². The van der Waals surface area contributed by atoms with E-state index in [1.807, 2.05) is 0 Å². The first-order valence-electron chi connectivity index (χ1n) is 9.57. The zero-order valence-electron chi connectivity index (χ0n) is 15.2. The van der Waals surface area contributed by atoms with Gasteiger partial charge in [0.25, 0.3) is 0 Å². The first-order chi connectivity index (χ1) is 12.8. The van der Waals surface area contributed by atoms with Crippen LogP contribution in [0.5, 0.6) is 0 Å². The minimum atomic E-state index is -0.120. The number of carbonyl (C=O) groups is 1. The summed E-state index contributed by atoms with van der Waals surface area (Å²) in [6, 6.07) is 1.80. The third-order valence-corrected chi connectivity index (χ3v) is 4.67. The van der Waals surface area contributed by atoms with Gasteiger partial charge in [-0.25, -0.2) is 14.8 Å². The van der Waals surface area contributed by atoms with Gasteiger partial charge in [0.2, 0.25) is 5.95 Å². The Morgan fingerprint density at radius 2 is 2.19 bits per heavy atom. The monoisotopic (exact) mass is 363 g/mol. The molecule has 8 heteroatoms. The summed E-state index contributed by atoms with van der Waals surface area (Å²) in [4.78, 5) is 22.8. The maximum Gasteiger partial charge on any atom is 0.315 e. The summed E-state index contributed by atoms with van der Waals surface area (Å²) in [5.74, 6) is 0.725. The van der Waals surface area contributed by atoms with Crippen LogP contribution < -0.4 is 15.5 Å². The summed E-state index contributed by atoms with van der Waals surface area (Å²) in [6.07, 6.45) is 8.75. The molecule has 0 spiro atoms. The average Bonchev–Trinajstić information content (AvgIpc) is 3.19. The topological polar surface area (TPSA) is 88.6 Å². The fourth-order valence-electron chi connectivity index (χ4n) is 3.33. The van der Waals surface area contributed by atoms with Crippen LogP contribution in [0.2, 0.25) is 0 Å². The quantitative estimate of drug-likeness (QED) is 0.678. The number of rotatable bonds is 8. The van der Waals surface area contributed by atoms with Gasteiger partial charge in [-0.15, -0.1) is 0 Å². The number of nitrogens with zero attached hydrogens (tertiary/aromatic N) is 3. The number of piperidine rings is 1. The van der Waals surface area contributed by atoms with Crippen LogP contribution in [0.1, 0.15) is 32.1 Å². The van der Waals surface area contributed by atoms with Crippen molar-refractivity contribution in [3.63, 3.8) is 0 Å². The lowest BCUT2D eigenvalue weighted by Gasteiger charge is -2.33. The molecule has 2 aliphatic heterocycles. The lowest BCUT2D eigenvalue weighted by atomic mass is 10.1. The number of aromatic nitrogens is 2. The number of anilines is 1. The molecule has 1 aromatic rings. The smallest absolute Gasteiger partial charge is 0.315 e. The van der Waals surface area contributed by atoms with Crippen LogP contribution in [0, 0.1) is 0 Å². The molecule has 8 nitrogen and oxygen atoms in total. The van der Waals surface area contributed by atoms with Crippen LogP contribution >= 0.6 is 0 Å². The first kappa shape index (κ1) is 18.8. The van der Waals surface area contributed by atoms with Gasteiger partial charge >= 0.3 is 6.03 Å². The Bertz CT molecular complexity index is 539. The van der Waals surface area contributed by atoms with Crippen molar-refractivity contribution in [1.29, 1.82) is 0 Å². The molecular formula is C18H29N5O3. The number of urea groups is 1. The van der Waals surface area contributed by atoms with Crippen LogP contribution in [0.25, 0.3) is 0 Å². The van der Waals surface area contributed by atoms with Gasteiger partial charge in [-0.3, -0.25) is 0 Å². The predicted molar refractivity (Wildman–Crippen MR) is 98.2 cm³/mol. The fourth-order valence-corrected chi connectivity index (χ4v) is 3.33. The predicted octanol–water partition coefficient (Wildman–Crippen LogP) is 1.33. The standard InChI is InChI=1S/C18H29N5O3/c24-18(21-9-4-11-25-14-16-6-2-12-26-16)22-15-5-1-10-23(13-15)17-19-7-3-8-20-17/h3,7-8,15-16H,1-2,4-6,9-14H2,(H2,21,22,24). The summed E-state index contributed by atoms with van der Waals surface area (Å²) in [5.41, 5.74) is 0. The molecule has 1 aromatic heterocycles. The van der Waals surface area contributed by atoms with Crippen molar-refractivity contribution < 1.29 is 14.3 Å². The van der Waals surface area contributed by atoms with Crippen molar-refractivity contribution >= 4 is 12.0 Å². The van der Waals surface area contributed by atoms with Gasteiger partial charge in [-0.1, -0.05) is 0 Å². The summed E-state index contributed by atoms with van der Waals surface area (Å²) >= 11 is 0. The molecule has 2 N–H and O–H groups in total. The van der Waals surface area contributed by atoms with Crippen LogP contribution in [0.3, 0.4) is 0 Å². The second-order valence-electron chi connectivity index (χ2n) is 6.80. The highest BCUT2D eigenvalue weighted by Crippen LogP contribution is 2.15. The molecule has 2 aliphatic rings. The molecular weight excluding hydrogens is 334 g/mol. The van der Waals surface area contributed by atoms with E-state index in [0.717, 1.165) is 57.7 Å². The van der Waals surface area contributed by atoms with E-state index in [1.54, 1.807) is 18.5 Å². The Hall–Kier alpha value is -1.93. The molecule has 2 atom stereocenters. The van der Waals surface area contributed by atoms with Gasteiger partial charge < -0.3 is 25.0 Å². The van der Waals surface area contributed by atoms with Gasteiger partial charge in [0.15, 0.2) is 0 Å². The Labute approximate surface area is 154 Å². The highest BCUT2D eigenvalue weighted by molar-refractivity contribution is 5.74. The summed E-state index contributed by atoms with van der Waals surface area (Å²) in [7, 11) is 0. The third-order valence-electron chi connectivity index (χ3n) is 4.67. The van der Waals surface area contributed by atoms with Crippen LogP contribution in [0.15, 0.2) is 18.5 Å². The second kappa shape index (κ2) is 10.3. The minimum Gasteiger partial charge on any atom is -0.379 e. The maximum absolute atomic E-state index is 12.1. The van der Waals surface area contributed by atoms with Gasteiger partial charge in [0, 0.05) is 51.3 Å². The normalized spacial score (nSPS) is 23.0. The molecule has 0 aromatic carbocycles. The Morgan fingerprint density at radius 3 is 3.00 bits per heavy atom. The number of hydrogen-bond donors (Lipinski definition) is 2. The van der Waals surface area contributed by atoms with Crippen molar-refractivity contribution in [2.75, 3.05) is 44.4 Å². The molecule has 0 aliphatic carbocycles. The zero-order valence-corrected chi connectivity index (χ0v) is 15.2. The van der Waals surface area contributed by atoms with Crippen molar-refractivity contribution in [3.8, 4) is 0 Å². The molecule has 144 valence electrons. The van der Waals surface area contributed by atoms with Gasteiger partial charge in [-0.2, -0.15) is 0 Å². The molecule has 3 rings (SSSR count). The van der Waals surface area contributed by atoms with E-state index in [2.05, 4.69) is 25.5 Å². The molecule has 0 saturated carbocycles. The van der Waals surface area contributed by atoms with E-state index in [0.29, 0.717) is 19.8 Å². The fraction of sp³-hybridized carbons (Fsp3) is 0.722. The maximum atomic E-state index is 12.1. The van der Waals surface area contributed by atoms with E-state index in [-0.39, 0.29) is 18.2 Å². The van der Waals surface area contributed by atoms with Crippen molar-refractivity contribution in [3.05, 3.63) is 18.5 Å². The third kappa shape index (κ3) is 6.10. The Morgan fingerprint density at radius 1 is 1.31 bits per heavy atom. The zero-order chi connectivity index (χ0) is 18.0. The SMILES string of the molecule is O=C(NCCCOCC1CCCO1)NC1CCCN(c2ncccn2)C1. The van der Waals surface area contributed by atoms with E-state index in [9.17, 15) is 4.79 Å². The molecule has 3 heterocycles. The van der Waals surface area contributed by atoms with Crippen molar-refractivity contribution in [2.24, 2.45) is 0 Å². The number of carbonyl (C=O) groups excluding carboxylic acids is 1. The van der Waals surface area contributed by atoms with Gasteiger partial charge in [0.05, 0.1) is 12.7 Å². The molecule has 2 unspecified atom stereocenters. The number of nitrogens with one attached hydrogen (secondary N) is 2. The average molecular weight is 363 g/mol. The molecule has 2 fully saturated rings.